The molecule has 1 amide bonds. The summed E-state index contributed by atoms with van der Waals surface area (Å²) in [4.78, 5) is 25.4. The second-order valence-electron chi connectivity index (χ2n) is 4.71. The molecule has 0 saturated heterocycles. The van der Waals surface area contributed by atoms with E-state index in [4.69, 9.17) is 5.73 Å². The molecule has 0 aliphatic heterocycles. The van der Waals surface area contributed by atoms with Crippen molar-refractivity contribution in [2.24, 2.45) is 11.1 Å². The van der Waals surface area contributed by atoms with Crippen molar-refractivity contribution in [3.05, 3.63) is 27.9 Å². The number of nitro groups is 1. The van der Waals surface area contributed by atoms with Gasteiger partial charge in [-0.1, -0.05) is 0 Å². The average molecular weight is 252 g/mol. The number of carbonyl (C=O) groups is 1. The third kappa shape index (κ3) is 3.16. The van der Waals surface area contributed by atoms with Gasteiger partial charge in [-0.05, 0) is 20.8 Å². The fraction of sp³-hybridized carbons (Fsp3) is 0.455. The molecule has 0 fully saturated rings. The highest BCUT2D eigenvalue weighted by atomic mass is 16.6. The number of pyridine rings is 1. The number of amides is 1. The molecule has 0 aromatic carbocycles. The summed E-state index contributed by atoms with van der Waals surface area (Å²) in [5.74, 6) is -0.0989. The van der Waals surface area contributed by atoms with E-state index in [-0.39, 0.29) is 12.2 Å². The Morgan fingerprint density at radius 1 is 1.61 bits per heavy atom. The molecule has 0 unspecified atom stereocenters. The Morgan fingerprint density at radius 3 is 2.72 bits per heavy atom. The van der Waals surface area contributed by atoms with Gasteiger partial charge in [-0.3, -0.25) is 14.9 Å². The van der Waals surface area contributed by atoms with E-state index in [1.807, 2.05) is 0 Å². The van der Waals surface area contributed by atoms with E-state index < -0.39 is 16.2 Å². The number of aromatic nitrogens is 1. The lowest BCUT2D eigenvalue weighted by molar-refractivity contribution is -0.385. The minimum absolute atomic E-state index is 0.00983. The molecule has 98 valence electrons. The molecule has 0 atom stereocenters. The van der Waals surface area contributed by atoms with Crippen LogP contribution in [0.25, 0.3) is 0 Å². The minimum Gasteiger partial charge on any atom is -0.369 e. The van der Waals surface area contributed by atoms with Gasteiger partial charge in [0.15, 0.2) is 0 Å². The first-order valence-electron chi connectivity index (χ1n) is 5.39. The Hall–Kier alpha value is -2.18. The van der Waals surface area contributed by atoms with Crippen LogP contribution in [-0.4, -0.2) is 22.4 Å². The molecule has 3 N–H and O–H groups in total. The summed E-state index contributed by atoms with van der Waals surface area (Å²) < 4.78 is 0. The standard InChI is InChI=1S/C11H16N4O3/c1-7-5-13-9(4-8(7)15(17)18)14-6-11(2,3)10(12)16/h4-5H,6H2,1-3H3,(H2,12,16)(H,13,14). The zero-order chi connectivity index (χ0) is 13.9. The molecule has 1 aromatic rings. The van der Waals surface area contributed by atoms with Crippen LogP contribution in [0, 0.1) is 22.5 Å². The van der Waals surface area contributed by atoms with Crippen molar-refractivity contribution in [2.45, 2.75) is 20.8 Å². The minimum atomic E-state index is -0.749. The van der Waals surface area contributed by atoms with Crippen LogP contribution in [0.3, 0.4) is 0 Å². The van der Waals surface area contributed by atoms with Crippen LogP contribution in [0.5, 0.6) is 0 Å². The van der Waals surface area contributed by atoms with Crippen molar-refractivity contribution < 1.29 is 9.72 Å². The van der Waals surface area contributed by atoms with Crippen LogP contribution < -0.4 is 11.1 Å². The molecule has 0 spiro atoms. The summed E-state index contributed by atoms with van der Waals surface area (Å²) >= 11 is 0. The maximum absolute atomic E-state index is 11.1. The van der Waals surface area contributed by atoms with Crippen molar-refractivity contribution in [3.63, 3.8) is 0 Å². The number of aryl methyl sites for hydroxylation is 1. The molecule has 1 heterocycles. The van der Waals surface area contributed by atoms with E-state index in [2.05, 4.69) is 10.3 Å². The number of primary amides is 1. The number of carbonyl (C=O) groups excluding carboxylic acids is 1. The van der Waals surface area contributed by atoms with Gasteiger partial charge in [0.05, 0.1) is 16.4 Å². The third-order valence-electron chi connectivity index (χ3n) is 2.65. The van der Waals surface area contributed by atoms with E-state index in [9.17, 15) is 14.9 Å². The zero-order valence-electron chi connectivity index (χ0n) is 10.6. The summed E-state index contributed by atoms with van der Waals surface area (Å²) in [6.07, 6.45) is 1.41. The Balaban J connectivity index is 2.84. The molecule has 1 rings (SSSR count). The zero-order valence-corrected chi connectivity index (χ0v) is 10.6. The van der Waals surface area contributed by atoms with Crippen molar-refractivity contribution in [3.8, 4) is 0 Å². The van der Waals surface area contributed by atoms with E-state index >= 15 is 0 Å². The number of nitrogens with zero attached hydrogens (tertiary/aromatic N) is 2. The highest BCUT2D eigenvalue weighted by Crippen LogP contribution is 2.21. The molecular weight excluding hydrogens is 236 g/mol. The van der Waals surface area contributed by atoms with Gasteiger partial charge in [-0.15, -0.1) is 0 Å². The quantitative estimate of drug-likeness (QED) is 0.604. The number of hydrogen-bond acceptors (Lipinski definition) is 5. The normalized spacial score (nSPS) is 11.1. The van der Waals surface area contributed by atoms with E-state index in [1.165, 1.54) is 12.3 Å². The summed E-state index contributed by atoms with van der Waals surface area (Å²) in [6.45, 7) is 5.24. The lowest BCUT2D eigenvalue weighted by atomic mass is 9.93. The summed E-state index contributed by atoms with van der Waals surface area (Å²) in [5, 5.41) is 13.6. The first-order valence-corrected chi connectivity index (χ1v) is 5.39. The largest absolute Gasteiger partial charge is 0.369 e. The molecule has 7 nitrogen and oxygen atoms in total. The molecule has 0 aliphatic rings. The van der Waals surface area contributed by atoms with Crippen LogP contribution in [0.1, 0.15) is 19.4 Å². The first kappa shape index (κ1) is 13.9. The predicted molar refractivity (Wildman–Crippen MR) is 67.1 cm³/mol. The number of anilines is 1. The fourth-order valence-corrected chi connectivity index (χ4v) is 1.21. The van der Waals surface area contributed by atoms with Crippen LogP contribution in [0.2, 0.25) is 0 Å². The second-order valence-corrected chi connectivity index (χ2v) is 4.71. The van der Waals surface area contributed by atoms with Crippen LogP contribution in [0.4, 0.5) is 11.5 Å². The van der Waals surface area contributed by atoms with Gasteiger partial charge in [0, 0.05) is 18.3 Å². The van der Waals surface area contributed by atoms with E-state index in [0.29, 0.717) is 11.4 Å². The maximum Gasteiger partial charge on any atom is 0.277 e. The van der Waals surface area contributed by atoms with Crippen molar-refractivity contribution in [2.75, 3.05) is 11.9 Å². The number of nitrogens with two attached hydrogens (primary N) is 1. The molecule has 0 radical (unpaired) electrons. The SMILES string of the molecule is Cc1cnc(NCC(C)(C)C(N)=O)cc1[N+](=O)[O-]. The van der Waals surface area contributed by atoms with Gasteiger partial charge < -0.3 is 11.1 Å². The topological polar surface area (TPSA) is 111 Å². The smallest absolute Gasteiger partial charge is 0.277 e. The first-order chi connectivity index (χ1) is 8.24. The maximum atomic E-state index is 11.1. The van der Waals surface area contributed by atoms with Crippen LogP contribution >= 0.6 is 0 Å². The molecular formula is C11H16N4O3. The molecule has 0 saturated carbocycles. The van der Waals surface area contributed by atoms with Gasteiger partial charge in [-0.2, -0.15) is 0 Å². The molecule has 1 aromatic heterocycles. The van der Waals surface area contributed by atoms with Crippen LogP contribution in [0.15, 0.2) is 12.3 Å². The van der Waals surface area contributed by atoms with Gasteiger partial charge in [0.25, 0.3) is 5.69 Å². The van der Waals surface area contributed by atoms with Crippen LogP contribution in [-0.2, 0) is 4.79 Å². The van der Waals surface area contributed by atoms with Crippen molar-refractivity contribution in [1.29, 1.82) is 0 Å². The monoisotopic (exact) mass is 252 g/mol. The third-order valence-corrected chi connectivity index (χ3v) is 2.65. The second kappa shape index (κ2) is 4.99. The average Bonchev–Trinajstić information content (AvgIpc) is 2.27. The van der Waals surface area contributed by atoms with Gasteiger partial charge >= 0.3 is 0 Å². The van der Waals surface area contributed by atoms with E-state index in [1.54, 1.807) is 20.8 Å². The Labute approximate surface area is 105 Å². The summed E-state index contributed by atoms with van der Waals surface area (Å²) in [7, 11) is 0. The van der Waals surface area contributed by atoms with Gasteiger partial charge in [0.2, 0.25) is 5.91 Å². The van der Waals surface area contributed by atoms with Gasteiger partial charge in [0.1, 0.15) is 5.82 Å². The van der Waals surface area contributed by atoms with Crippen molar-refractivity contribution in [1.82, 2.24) is 4.98 Å². The molecule has 7 heteroatoms. The molecule has 0 bridgehead atoms. The Bertz CT molecular complexity index is 485. The summed E-state index contributed by atoms with van der Waals surface area (Å²) in [6, 6.07) is 1.34. The Morgan fingerprint density at radius 2 is 2.22 bits per heavy atom. The highest BCUT2D eigenvalue weighted by molar-refractivity contribution is 5.80. The number of rotatable bonds is 5. The number of hydrogen-bond donors (Lipinski definition) is 2. The Kier molecular flexibility index (Phi) is 3.85. The fourth-order valence-electron chi connectivity index (χ4n) is 1.21. The number of nitrogens with one attached hydrogen (secondary N) is 1. The lowest BCUT2D eigenvalue weighted by Gasteiger charge is -2.20. The molecule has 18 heavy (non-hydrogen) atoms. The van der Waals surface area contributed by atoms with E-state index in [0.717, 1.165) is 0 Å². The molecule has 0 aliphatic carbocycles. The summed E-state index contributed by atoms with van der Waals surface area (Å²) in [5.41, 5.74) is 4.96. The van der Waals surface area contributed by atoms with Crippen molar-refractivity contribution >= 4 is 17.4 Å². The predicted octanol–water partition coefficient (Wildman–Crippen LogP) is 1.22. The van der Waals surface area contributed by atoms with Gasteiger partial charge in [-0.25, -0.2) is 4.98 Å². The lowest BCUT2D eigenvalue weighted by Crippen LogP contribution is -2.37. The highest BCUT2D eigenvalue weighted by Gasteiger charge is 2.25.